The Morgan fingerprint density at radius 3 is 2.95 bits per heavy atom. The van der Waals surface area contributed by atoms with Gasteiger partial charge in [-0.25, -0.2) is 4.98 Å². The molecule has 1 fully saturated rings. The van der Waals surface area contributed by atoms with Gasteiger partial charge in [0.05, 0.1) is 12.1 Å². The highest BCUT2D eigenvalue weighted by molar-refractivity contribution is 7.09. The van der Waals surface area contributed by atoms with E-state index in [1.54, 1.807) is 30.3 Å². The van der Waals surface area contributed by atoms with Gasteiger partial charge in [-0.3, -0.25) is 9.69 Å². The molecule has 2 rings (SSSR count). The van der Waals surface area contributed by atoms with E-state index in [0.29, 0.717) is 12.5 Å². The topological polar surface area (TPSA) is 48.5 Å². The molecule has 1 aromatic rings. The highest BCUT2D eigenvalue weighted by atomic mass is 32.1. The number of nitrogens with one attached hydrogen (secondary N) is 1. The Balaban J connectivity index is 1.87. The minimum absolute atomic E-state index is 0.107. The zero-order valence-corrected chi connectivity index (χ0v) is 13.4. The molecule has 1 aliphatic heterocycles. The van der Waals surface area contributed by atoms with Gasteiger partial charge in [-0.1, -0.05) is 0 Å². The number of piperidine rings is 1. The first kappa shape index (κ1) is 15.4. The van der Waals surface area contributed by atoms with E-state index in [1.165, 1.54) is 12.8 Å². The maximum Gasteiger partial charge on any atom is 0.228 e. The number of rotatable bonds is 5. The molecule has 6 heteroatoms. The van der Waals surface area contributed by atoms with Crippen molar-refractivity contribution in [1.29, 1.82) is 0 Å². The summed E-state index contributed by atoms with van der Waals surface area (Å²) in [6.07, 6.45) is 2.90. The van der Waals surface area contributed by atoms with Crippen LogP contribution < -0.4 is 5.32 Å². The predicted octanol–water partition coefficient (Wildman–Crippen LogP) is 0.958. The van der Waals surface area contributed by atoms with Crippen LogP contribution in [0.15, 0.2) is 5.38 Å². The quantitative estimate of drug-likeness (QED) is 0.879. The minimum Gasteiger partial charge on any atom is -0.348 e. The van der Waals surface area contributed by atoms with E-state index in [-0.39, 0.29) is 5.91 Å². The number of nitrogens with zero attached hydrogens (tertiary/aromatic N) is 3. The van der Waals surface area contributed by atoms with Gasteiger partial charge in [0.2, 0.25) is 5.91 Å². The summed E-state index contributed by atoms with van der Waals surface area (Å²) < 4.78 is 0. The van der Waals surface area contributed by atoms with Crippen LogP contribution in [0.5, 0.6) is 0 Å². The van der Waals surface area contributed by atoms with Crippen molar-refractivity contribution in [2.75, 3.05) is 34.2 Å². The molecule has 1 N–H and O–H groups in total. The highest BCUT2D eigenvalue weighted by Gasteiger charge is 2.18. The Labute approximate surface area is 125 Å². The molecule has 1 aromatic heterocycles. The summed E-state index contributed by atoms with van der Waals surface area (Å²) in [5, 5.41) is 6.42. The molecule has 112 valence electrons. The van der Waals surface area contributed by atoms with E-state index < -0.39 is 0 Å². The first-order chi connectivity index (χ1) is 9.56. The van der Waals surface area contributed by atoms with Crippen molar-refractivity contribution in [3.8, 4) is 0 Å². The maximum absolute atomic E-state index is 11.7. The summed E-state index contributed by atoms with van der Waals surface area (Å²) in [6, 6.07) is 0.595. The average Bonchev–Trinajstić information content (AvgIpc) is 2.86. The van der Waals surface area contributed by atoms with Crippen molar-refractivity contribution in [2.45, 2.75) is 31.8 Å². The molecule has 0 bridgehead atoms. The zero-order valence-electron chi connectivity index (χ0n) is 12.6. The first-order valence-electron chi connectivity index (χ1n) is 7.10. The third-order valence-electron chi connectivity index (χ3n) is 3.71. The van der Waals surface area contributed by atoms with Crippen molar-refractivity contribution in [3.63, 3.8) is 0 Å². The molecule has 1 amide bonds. The minimum atomic E-state index is 0.107. The molecule has 2 heterocycles. The molecule has 0 saturated carbocycles. The summed E-state index contributed by atoms with van der Waals surface area (Å²) in [6.45, 7) is 3.06. The Kier molecular flexibility index (Phi) is 5.51. The van der Waals surface area contributed by atoms with E-state index in [0.717, 1.165) is 30.3 Å². The molecule has 1 aliphatic rings. The number of carbonyl (C=O) groups is 1. The second-order valence-electron chi connectivity index (χ2n) is 5.61. The lowest BCUT2D eigenvalue weighted by molar-refractivity contribution is -0.127. The van der Waals surface area contributed by atoms with Crippen molar-refractivity contribution in [1.82, 2.24) is 20.1 Å². The summed E-state index contributed by atoms with van der Waals surface area (Å²) in [5.41, 5.74) is 1.07. The van der Waals surface area contributed by atoms with Gasteiger partial charge >= 0.3 is 0 Å². The third kappa shape index (κ3) is 4.26. The van der Waals surface area contributed by atoms with E-state index >= 15 is 0 Å². The fourth-order valence-electron chi connectivity index (χ4n) is 2.38. The van der Waals surface area contributed by atoms with Gasteiger partial charge in [0.25, 0.3) is 0 Å². The molecular formula is C14H24N4OS. The normalized spacial score (nSPS) is 19.3. The number of hydrogen-bond acceptors (Lipinski definition) is 5. The van der Waals surface area contributed by atoms with E-state index in [9.17, 15) is 4.79 Å². The molecule has 1 saturated heterocycles. The fourth-order valence-corrected chi connectivity index (χ4v) is 3.16. The Hall–Kier alpha value is -0.980. The largest absolute Gasteiger partial charge is 0.348 e. The molecule has 0 aromatic carbocycles. The van der Waals surface area contributed by atoms with Crippen LogP contribution in [0.25, 0.3) is 0 Å². The van der Waals surface area contributed by atoms with Crippen molar-refractivity contribution in [2.24, 2.45) is 0 Å². The Morgan fingerprint density at radius 1 is 1.50 bits per heavy atom. The van der Waals surface area contributed by atoms with Gasteiger partial charge in [0.15, 0.2) is 0 Å². The van der Waals surface area contributed by atoms with Gasteiger partial charge in [0.1, 0.15) is 5.01 Å². The van der Waals surface area contributed by atoms with Gasteiger partial charge in [-0.15, -0.1) is 11.3 Å². The molecule has 0 aliphatic carbocycles. The second-order valence-corrected chi connectivity index (χ2v) is 6.56. The van der Waals surface area contributed by atoms with Crippen LogP contribution in [0.1, 0.15) is 23.5 Å². The third-order valence-corrected chi connectivity index (χ3v) is 4.60. The number of thiazole rings is 1. The van der Waals surface area contributed by atoms with Crippen LogP contribution in [0.2, 0.25) is 0 Å². The molecule has 0 radical (unpaired) electrons. The number of likely N-dealkylation sites (N-methyl/N-ethyl adjacent to an activating group) is 2. The predicted molar refractivity (Wildman–Crippen MR) is 81.9 cm³/mol. The lowest BCUT2D eigenvalue weighted by Gasteiger charge is -2.31. The van der Waals surface area contributed by atoms with Crippen LogP contribution >= 0.6 is 11.3 Å². The molecule has 5 nitrogen and oxygen atoms in total. The van der Waals surface area contributed by atoms with Gasteiger partial charge in [-0.2, -0.15) is 0 Å². The van der Waals surface area contributed by atoms with Crippen LogP contribution in [-0.2, 0) is 17.8 Å². The number of amides is 1. The van der Waals surface area contributed by atoms with E-state index in [1.807, 2.05) is 0 Å². The number of aromatic nitrogens is 1. The lowest BCUT2D eigenvalue weighted by Crippen LogP contribution is -2.43. The summed E-state index contributed by atoms with van der Waals surface area (Å²) in [5.74, 6) is 0.107. The van der Waals surface area contributed by atoms with Crippen LogP contribution in [0.4, 0.5) is 0 Å². The molecule has 1 unspecified atom stereocenters. The summed E-state index contributed by atoms with van der Waals surface area (Å²) in [7, 11) is 5.71. The lowest BCUT2D eigenvalue weighted by atomic mass is 10.1. The standard InChI is InChI=1S/C14H24N4OS/c1-17(2)14(19)7-13-16-11(10-20-13)9-18(3)12-5-4-6-15-8-12/h10,12,15H,4-9H2,1-3H3. The second kappa shape index (κ2) is 7.15. The molecule has 20 heavy (non-hydrogen) atoms. The van der Waals surface area contributed by atoms with Crippen molar-refractivity contribution >= 4 is 17.2 Å². The maximum atomic E-state index is 11.7. The summed E-state index contributed by atoms with van der Waals surface area (Å²) >= 11 is 1.58. The Morgan fingerprint density at radius 2 is 2.30 bits per heavy atom. The molecule has 1 atom stereocenters. The van der Waals surface area contributed by atoms with Crippen molar-refractivity contribution < 1.29 is 4.79 Å². The van der Waals surface area contributed by atoms with Crippen LogP contribution in [-0.4, -0.2) is 61.0 Å². The average molecular weight is 296 g/mol. The number of hydrogen-bond donors (Lipinski definition) is 1. The van der Waals surface area contributed by atoms with Gasteiger partial charge in [-0.05, 0) is 26.4 Å². The SMILES string of the molecule is CN(C)C(=O)Cc1nc(CN(C)C2CCCNC2)cs1. The van der Waals surface area contributed by atoms with Gasteiger partial charge in [0, 0.05) is 38.6 Å². The van der Waals surface area contributed by atoms with Crippen LogP contribution in [0.3, 0.4) is 0 Å². The molecular weight excluding hydrogens is 272 g/mol. The van der Waals surface area contributed by atoms with E-state index in [2.05, 4.69) is 27.6 Å². The van der Waals surface area contributed by atoms with E-state index in [4.69, 9.17) is 0 Å². The smallest absolute Gasteiger partial charge is 0.228 e. The summed E-state index contributed by atoms with van der Waals surface area (Å²) in [4.78, 5) is 20.2. The molecule has 0 spiro atoms. The Bertz CT molecular complexity index is 440. The fraction of sp³-hybridized carbons (Fsp3) is 0.714. The van der Waals surface area contributed by atoms with Gasteiger partial charge < -0.3 is 10.2 Å². The number of carbonyl (C=O) groups excluding carboxylic acids is 1. The van der Waals surface area contributed by atoms with Crippen molar-refractivity contribution in [3.05, 3.63) is 16.1 Å². The van der Waals surface area contributed by atoms with Crippen LogP contribution in [0, 0.1) is 0 Å². The first-order valence-corrected chi connectivity index (χ1v) is 7.98. The monoisotopic (exact) mass is 296 g/mol. The zero-order chi connectivity index (χ0) is 14.5. The highest BCUT2D eigenvalue weighted by Crippen LogP contribution is 2.16.